The van der Waals surface area contributed by atoms with Gasteiger partial charge in [0.15, 0.2) is 0 Å². The number of benzene rings is 1. The Labute approximate surface area is 107 Å². The SMILES string of the molecule is NCC1CNCCN1CC(=O)Nc1ccccc1. The molecule has 5 heteroatoms. The van der Waals surface area contributed by atoms with Crippen LogP contribution >= 0.6 is 0 Å². The van der Waals surface area contributed by atoms with E-state index in [4.69, 9.17) is 5.73 Å². The summed E-state index contributed by atoms with van der Waals surface area (Å²) in [5, 5.41) is 6.18. The highest BCUT2D eigenvalue weighted by Gasteiger charge is 2.22. The van der Waals surface area contributed by atoms with E-state index in [9.17, 15) is 4.79 Å². The molecule has 1 heterocycles. The molecule has 0 spiro atoms. The van der Waals surface area contributed by atoms with Gasteiger partial charge < -0.3 is 16.4 Å². The summed E-state index contributed by atoms with van der Waals surface area (Å²) in [6.07, 6.45) is 0. The highest BCUT2D eigenvalue weighted by Crippen LogP contribution is 2.06. The maximum absolute atomic E-state index is 11.9. The van der Waals surface area contributed by atoms with Crippen molar-refractivity contribution in [2.45, 2.75) is 6.04 Å². The zero-order valence-corrected chi connectivity index (χ0v) is 10.4. The first-order valence-electron chi connectivity index (χ1n) is 6.29. The summed E-state index contributed by atoms with van der Waals surface area (Å²) in [6.45, 7) is 3.61. The Hall–Kier alpha value is -1.43. The summed E-state index contributed by atoms with van der Waals surface area (Å²) in [5.41, 5.74) is 6.54. The van der Waals surface area contributed by atoms with Crippen LogP contribution in [-0.4, -0.2) is 49.6 Å². The maximum atomic E-state index is 11.9. The van der Waals surface area contributed by atoms with Crippen molar-refractivity contribution in [2.75, 3.05) is 38.0 Å². The third-order valence-corrected chi connectivity index (χ3v) is 3.15. The molecule has 1 aromatic carbocycles. The molecule has 0 saturated carbocycles. The van der Waals surface area contributed by atoms with Gasteiger partial charge in [-0.1, -0.05) is 18.2 Å². The maximum Gasteiger partial charge on any atom is 0.238 e. The molecule has 0 bridgehead atoms. The molecule has 98 valence electrons. The van der Waals surface area contributed by atoms with E-state index in [0.29, 0.717) is 13.1 Å². The Morgan fingerprint density at radius 1 is 1.44 bits per heavy atom. The molecule has 1 amide bonds. The minimum atomic E-state index is 0.0153. The van der Waals surface area contributed by atoms with Gasteiger partial charge in [-0.15, -0.1) is 0 Å². The number of hydrogen-bond donors (Lipinski definition) is 3. The summed E-state index contributed by atoms with van der Waals surface area (Å²) in [4.78, 5) is 14.1. The monoisotopic (exact) mass is 248 g/mol. The van der Waals surface area contributed by atoms with E-state index in [0.717, 1.165) is 25.3 Å². The smallest absolute Gasteiger partial charge is 0.238 e. The standard InChI is InChI=1S/C13H20N4O/c14-8-12-9-15-6-7-17(12)10-13(18)16-11-4-2-1-3-5-11/h1-5,12,15H,6-10,14H2,(H,16,18). The topological polar surface area (TPSA) is 70.4 Å². The van der Waals surface area contributed by atoms with Crippen molar-refractivity contribution in [1.29, 1.82) is 0 Å². The Balaban J connectivity index is 1.86. The second kappa shape index (κ2) is 6.49. The lowest BCUT2D eigenvalue weighted by Crippen LogP contribution is -2.56. The van der Waals surface area contributed by atoms with Crippen molar-refractivity contribution >= 4 is 11.6 Å². The molecule has 1 atom stereocenters. The van der Waals surface area contributed by atoms with Gasteiger partial charge >= 0.3 is 0 Å². The second-order valence-corrected chi connectivity index (χ2v) is 4.48. The fourth-order valence-corrected chi connectivity index (χ4v) is 2.15. The number of carbonyl (C=O) groups is 1. The molecule has 1 fully saturated rings. The Morgan fingerprint density at radius 2 is 2.22 bits per heavy atom. The van der Waals surface area contributed by atoms with Crippen LogP contribution in [0.15, 0.2) is 30.3 Å². The van der Waals surface area contributed by atoms with Gasteiger partial charge in [0.25, 0.3) is 0 Å². The van der Waals surface area contributed by atoms with E-state index in [-0.39, 0.29) is 11.9 Å². The number of piperazine rings is 1. The number of nitrogens with zero attached hydrogens (tertiary/aromatic N) is 1. The van der Waals surface area contributed by atoms with Crippen molar-refractivity contribution in [1.82, 2.24) is 10.2 Å². The van der Waals surface area contributed by atoms with Crippen LogP contribution in [0.1, 0.15) is 0 Å². The van der Waals surface area contributed by atoms with Gasteiger partial charge in [0.05, 0.1) is 6.54 Å². The molecule has 1 aliphatic rings. The normalized spacial score (nSPS) is 20.6. The van der Waals surface area contributed by atoms with E-state index in [1.165, 1.54) is 0 Å². The summed E-state index contributed by atoms with van der Waals surface area (Å²) in [6, 6.07) is 9.76. The third-order valence-electron chi connectivity index (χ3n) is 3.15. The molecule has 0 aromatic heterocycles. The van der Waals surface area contributed by atoms with Crippen LogP contribution in [0.5, 0.6) is 0 Å². The Bertz CT molecular complexity index is 382. The van der Waals surface area contributed by atoms with Crippen LogP contribution in [0.3, 0.4) is 0 Å². The lowest BCUT2D eigenvalue weighted by atomic mass is 10.2. The van der Waals surface area contributed by atoms with Crippen molar-refractivity contribution in [2.24, 2.45) is 5.73 Å². The first kappa shape index (κ1) is 13.0. The van der Waals surface area contributed by atoms with Crippen molar-refractivity contribution < 1.29 is 4.79 Å². The molecule has 5 nitrogen and oxygen atoms in total. The van der Waals surface area contributed by atoms with Gasteiger partial charge in [0, 0.05) is 37.9 Å². The van der Waals surface area contributed by atoms with Gasteiger partial charge in [-0.05, 0) is 12.1 Å². The van der Waals surface area contributed by atoms with E-state index < -0.39 is 0 Å². The summed E-state index contributed by atoms with van der Waals surface area (Å²) >= 11 is 0. The molecule has 0 aliphatic carbocycles. The highest BCUT2D eigenvalue weighted by atomic mass is 16.2. The highest BCUT2D eigenvalue weighted by molar-refractivity contribution is 5.92. The number of para-hydroxylation sites is 1. The largest absolute Gasteiger partial charge is 0.329 e. The predicted octanol–water partition coefficient (Wildman–Crippen LogP) is -0.142. The van der Waals surface area contributed by atoms with Crippen molar-refractivity contribution in [3.8, 4) is 0 Å². The second-order valence-electron chi connectivity index (χ2n) is 4.48. The number of nitrogens with one attached hydrogen (secondary N) is 2. The third kappa shape index (κ3) is 3.53. The van der Waals surface area contributed by atoms with Crippen LogP contribution in [0.4, 0.5) is 5.69 Å². The Kier molecular flexibility index (Phi) is 4.69. The van der Waals surface area contributed by atoms with Gasteiger partial charge in [-0.3, -0.25) is 9.69 Å². The summed E-state index contributed by atoms with van der Waals surface area (Å²) in [7, 11) is 0. The van der Waals surface area contributed by atoms with Crippen LogP contribution < -0.4 is 16.4 Å². The number of amides is 1. The first-order valence-corrected chi connectivity index (χ1v) is 6.29. The van der Waals surface area contributed by atoms with Crippen molar-refractivity contribution in [3.05, 3.63) is 30.3 Å². The first-order chi connectivity index (χ1) is 8.79. The quantitative estimate of drug-likeness (QED) is 0.693. The van der Waals surface area contributed by atoms with Crippen LogP contribution in [0.25, 0.3) is 0 Å². The van der Waals surface area contributed by atoms with Crippen molar-refractivity contribution in [3.63, 3.8) is 0 Å². The Morgan fingerprint density at radius 3 is 2.94 bits per heavy atom. The number of anilines is 1. The summed E-state index contributed by atoms with van der Waals surface area (Å²) < 4.78 is 0. The zero-order chi connectivity index (χ0) is 12.8. The number of rotatable bonds is 4. The molecule has 1 aliphatic heterocycles. The van der Waals surface area contributed by atoms with Crippen LogP contribution in [0, 0.1) is 0 Å². The minimum Gasteiger partial charge on any atom is -0.329 e. The summed E-state index contributed by atoms with van der Waals surface area (Å²) in [5.74, 6) is 0.0153. The lowest BCUT2D eigenvalue weighted by Gasteiger charge is -2.34. The average molecular weight is 248 g/mol. The minimum absolute atomic E-state index is 0.0153. The van der Waals surface area contributed by atoms with E-state index in [1.807, 2.05) is 30.3 Å². The molecular formula is C13H20N4O. The molecule has 0 radical (unpaired) electrons. The van der Waals surface area contributed by atoms with Gasteiger partial charge in [0.1, 0.15) is 0 Å². The van der Waals surface area contributed by atoms with E-state index in [1.54, 1.807) is 0 Å². The number of nitrogens with two attached hydrogens (primary N) is 1. The molecule has 1 saturated heterocycles. The van der Waals surface area contributed by atoms with E-state index in [2.05, 4.69) is 15.5 Å². The average Bonchev–Trinajstić information content (AvgIpc) is 2.40. The zero-order valence-electron chi connectivity index (χ0n) is 10.4. The molecule has 1 aromatic rings. The predicted molar refractivity (Wildman–Crippen MR) is 72.4 cm³/mol. The van der Waals surface area contributed by atoms with Crippen LogP contribution in [0.2, 0.25) is 0 Å². The molecule has 4 N–H and O–H groups in total. The fourth-order valence-electron chi connectivity index (χ4n) is 2.15. The lowest BCUT2D eigenvalue weighted by molar-refractivity contribution is -0.118. The molecule has 18 heavy (non-hydrogen) atoms. The molecular weight excluding hydrogens is 228 g/mol. The van der Waals surface area contributed by atoms with Crippen LogP contribution in [-0.2, 0) is 4.79 Å². The number of carbonyl (C=O) groups excluding carboxylic acids is 1. The van der Waals surface area contributed by atoms with Gasteiger partial charge in [0.2, 0.25) is 5.91 Å². The van der Waals surface area contributed by atoms with Gasteiger partial charge in [-0.25, -0.2) is 0 Å². The van der Waals surface area contributed by atoms with Gasteiger partial charge in [-0.2, -0.15) is 0 Å². The molecule has 2 rings (SSSR count). The fraction of sp³-hybridized carbons (Fsp3) is 0.462. The molecule has 1 unspecified atom stereocenters. The van der Waals surface area contributed by atoms with E-state index >= 15 is 0 Å². The number of hydrogen-bond acceptors (Lipinski definition) is 4.